The molecule has 0 fully saturated rings. The fraction of sp³-hybridized carbons (Fsp3) is 0.556. The third-order valence-electron chi connectivity index (χ3n) is 3.86. The van der Waals surface area contributed by atoms with Gasteiger partial charge >= 0.3 is 0 Å². The number of allylic oxidation sites excluding steroid dienone is 1. The molecule has 1 aromatic rings. The van der Waals surface area contributed by atoms with E-state index >= 15 is 0 Å². The molecular formula is C18H28O4. The van der Waals surface area contributed by atoms with E-state index in [-0.39, 0.29) is 11.8 Å². The Morgan fingerprint density at radius 2 is 1.77 bits per heavy atom. The lowest BCUT2D eigenvalue weighted by atomic mass is 9.89. The Morgan fingerprint density at radius 1 is 1.14 bits per heavy atom. The van der Waals surface area contributed by atoms with Crippen molar-refractivity contribution in [3.05, 3.63) is 42.0 Å². The van der Waals surface area contributed by atoms with Crippen molar-refractivity contribution in [3.8, 4) is 5.75 Å². The summed E-state index contributed by atoms with van der Waals surface area (Å²) in [5, 5.41) is 20.1. The van der Waals surface area contributed by atoms with Crippen molar-refractivity contribution in [1.29, 1.82) is 0 Å². The highest BCUT2D eigenvalue weighted by atomic mass is 16.5. The lowest BCUT2D eigenvalue weighted by molar-refractivity contribution is -0.0230. The van der Waals surface area contributed by atoms with Gasteiger partial charge in [-0.1, -0.05) is 38.1 Å². The summed E-state index contributed by atoms with van der Waals surface area (Å²) >= 11 is 0. The minimum atomic E-state index is -0.635. The summed E-state index contributed by atoms with van der Waals surface area (Å²) in [7, 11) is 1.64. The molecule has 0 heterocycles. The van der Waals surface area contributed by atoms with Crippen LogP contribution in [0.3, 0.4) is 0 Å². The average molecular weight is 308 g/mol. The standard InChI is InChI=1S/C18H28O4/c1-5-6-17(19)14(3)18(20)13(2)11-22-12-15-7-9-16(21-4)10-8-15/h5-10,13-14,17-20H,11-12H2,1-4H3/b6-5+/t13-,14-,17?,18?/m0/s1. The van der Waals surface area contributed by atoms with Crippen LogP contribution in [0.1, 0.15) is 26.3 Å². The predicted molar refractivity (Wildman–Crippen MR) is 87.8 cm³/mol. The largest absolute Gasteiger partial charge is 0.497 e. The molecular weight excluding hydrogens is 280 g/mol. The van der Waals surface area contributed by atoms with E-state index in [0.717, 1.165) is 11.3 Å². The third-order valence-corrected chi connectivity index (χ3v) is 3.86. The highest BCUT2D eigenvalue weighted by Gasteiger charge is 2.25. The molecule has 1 aromatic carbocycles. The van der Waals surface area contributed by atoms with Crippen molar-refractivity contribution < 1.29 is 19.7 Å². The first-order valence-electron chi connectivity index (χ1n) is 7.69. The molecule has 2 unspecified atom stereocenters. The predicted octanol–water partition coefficient (Wildman–Crippen LogP) is 2.78. The van der Waals surface area contributed by atoms with Gasteiger partial charge in [0, 0.05) is 11.8 Å². The highest BCUT2D eigenvalue weighted by molar-refractivity contribution is 5.26. The van der Waals surface area contributed by atoms with Crippen molar-refractivity contribution in [2.75, 3.05) is 13.7 Å². The molecule has 4 heteroatoms. The van der Waals surface area contributed by atoms with E-state index in [1.807, 2.05) is 45.0 Å². The fourth-order valence-corrected chi connectivity index (χ4v) is 2.28. The molecule has 0 radical (unpaired) electrons. The van der Waals surface area contributed by atoms with Crippen molar-refractivity contribution in [2.24, 2.45) is 11.8 Å². The molecule has 0 aliphatic carbocycles. The number of hydrogen-bond acceptors (Lipinski definition) is 4. The van der Waals surface area contributed by atoms with Gasteiger partial charge in [0.1, 0.15) is 5.75 Å². The number of ether oxygens (including phenoxy) is 2. The van der Waals surface area contributed by atoms with Crippen LogP contribution in [0, 0.1) is 11.8 Å². The Bertz CT molecular complexity index is 441. The number of aliphatic hydroxyl groups excluding tert-OH is 2. The average Bonchev–Trinajstić information content (AvgIpc) is 2.54. The van der Waals surface area contributed by atoms with Crippen molar-refractivity contribution in [2.45, 2.75) is 39.6 Å². The molecule has 0 spiro atoms. The summed E-state index contributed by atoms with van der Waals surface area (Å²) in [6.07, 6.45) is 2.24. The summed E-state index contributed by atoms with van der Waals surface area (Å²) in [4.78, 5) is 0. The second-order valence-corrected chi connectivity index (χ2v) is 5.71. The van der Waals surface area contributed by atoms with Gasteiger partial charge in [0.05, 0.1) is 32.5 Å². The van der Waals surface area contributed by atoms with Gasteiger partial charge in [-0.05, 0) is 24.6 Å². The monoisotopic (exact) mass is 308 g/mol. The summed E-state index contributed by atoms with van der Waals surface area (Å²) in [6, 6.07) is 7.70. The zero-order valence-electron chi connectivity index (χ0n) is 13.9. The van der Waals surface area contributed by atoms with E-state index in [2.05, 4.69) is 0 Å². The Balaban J connectivity index is 2.39. The van der Waals surface area contributed by atoms with E-state index in [1.165, 1.54) is 0 Å². The molecule has 0 bridgehead atoms. The number of aliphatic hydroxyl groups is 2. The van der Waals surface area contributed by atoms with Gasteiger partial charge in [-0.25, -0.2) is 0 Å². The zero-order chi connectivity index (χ0) is 16.5. The molecule has 0 amide bonds. The van der Waals surface area contributed by atoms with Crippen molar-refractivity contribution in [1.82, 2.24) is 0 Å². The van der Waals surface area contributed by atoms with Gasteiger partial charge in [-0.2, -0.15) is 0 Å². The minimum Gasteiger partial charge on any atom is -0.497 e. The fourth-order valence-electron chi connectivity index (χ4n) is 2.28. The first kappa shape index (κ1) is 18.7. The van der Waals surface area contributed by atoms with Crippen LogP contribution in [0.5, 0.6) is 5.75 Å². The van der Waals surface area contributed by atoms with Gasteiger partial charge in [-0.3, -0.25) is 0 Å². The maximum absolute atomic E-state index is 10.3. The lowest BCUT2D eigenvalue weighted by Gasteiger charge is -2.27. The smallest absolute Gasteiger partial charge is 0.118 e. The van der Waals surface area contributed by atoms with Crippen LogP contribution in [-0.4, -0.2) is 36.1 Å². The Hall–Kier alpha value is -1.36. The molecule has 0 saturated carbocycles. The third kappa shape index (κ3) is 5.79. The van der Waals surface area contributed by atoms with Crippen LogP contribution in [-0.2, 0) is 11.3 Å². The van der Waals surface area contributed by atoms with Crippen LogP contribution < -0.4 is 4.74 Å². The first-order valence-corrected chi connectivity index (χ1v) is 7.69. The van der Waals surface area contributed by atoms with Gasteiger partial charge in [0.15, 0.2) is 0 Å². The van der Waals surface area contributed by atoms with Crippen LogP contribution in [0.15, 0.2) is 36.4 Å². The van der Waals surface area contributed by atoms with Crippen molar-refractivity contribution in [3.63, 3.8) is 0 Å². The molecule has 124 valence electrons. The molecule has 0 aliphatic heterocycles. The second kappa shape index (κ2) is 9.62. The number of hydrogen-bond donors (Lipinski definition) is 2. The van der Waals surface area contributed by atoms with E-state index in [9.17, 15) is 10.2 Å². The number of benzene rings is 1. The van der Waals surface area contributed by atoms with E-state index in [0.29, 0.717) is 13.2 Å². The van der Waals surface area contributed by atoms with Crippen LogP contribution in [0.25, 0.3) is 0 Å². The molecule has 2 N–H and O–H groups in total. The van der Waals surface area contributed by atoms with Crippen LogP contribution in [0.4, 0.5) is 0 Å². The van der Waals surface area contributed by atoms with Gasteiger partial charge in [0.2, 0.25) is 0 Å². The summed E-state index contributed by atoms with van der Waals surface area (Å²) in [6.45, 7) is 6.56. The summed E-state index contributed by atoms with van der Waals surface area (Å²) < 4.78 is 10.8. The molecule has 22 heavy (non-hydrogen) atoms. The summed E-state index contributed by atoms with van der Waals surface area (Å²) in [5.41, 5.74) is 1.06. The van der Waals surface area contributed by atoms with Crippen LogP contribution in [0.2, 0.25) is 0 Å². The SMILES string of the molecule is C/C=C/C(O)[C@H](C)C(O)[C@@H](C)COCc1ccc(OC)cc1. The number of methoxy groups -OCH3 is 1. The number of rotatable bonds is 9. The topological polar surface area (TPSA) is 58.9 Å². The lowest BCUT2D eigenvalue weighted by Crippen LogP contribution is -2.35. The van der Waals surface area contributed by atoms with Gasteiger partial charge in [0.25, 0.3) is 0 Å². The van der Waals surface area contributed by atoms with Gasteiger partial charge < -0.3 is 19.7 Å². The Labute approximate surface area is 133 Å². The van der Waals surface area contributed by atoms with E-state index < -0.39 is 12.2 Å². The normalized spacial score (nSPS) is 17.2. The quantitative estimate of drug-likeness (QED) is 0.689. The van der Waals surface area contributed by atoms with E-state index in [1.54, 1.807) is 19.3 Å². The molecule has 0 aromatic heterocycles. The summed E-state index contributed by atoms with van der Waals surface area (Å²) in [5.74, 6) is 0.545. The highest BCUT2D eigenvalue weighted by Crippen LogP contribution is 2.19. The van der Waals surface area contributed by atoms with Crippen LogP contribution >= 0.6 is 0 Å². The van der Waals surface area contributed by atoms with Gasteiger partial charge in [-0.15, -0.1) is 0 Å². The molecule has 1 rings (SSSR count). The molecule has 4 atom stereocenters. The zero-order valence-corrected chi connectivity index (χ0v) is 13.9. The molecule has 4 nitrogen and oxygen atoms in total. The van der Waals surface area contributed by atoms with E-state index in [4.69, 9.17) is 9.47 Å². The second-order valence-electron chi connectivity index (χ2n) is 5.71. The maximum Gasteiger partial charge on any atom is 0.118 e. The molecule has 0 saturated heterocycles. The maximum atomic E-state index is 10.3. The Morgan fingerprint density at radius 3 is 2.32 bits per heavy atom. The minimum absolute atomic E-state index is 0.0480. The van der Waals surface area contributed by atoms with Crippen molar-refractivity contribution >= 4 is 0 Å². The molecule has 0 aliphatic rings. The first-order chi connectivity index (χ1) is 10.5. The Kier molecular flexibility index (Phi) is 8.17.